The number of nitrogens with one attached hydrogen (secondary N) is 1. The molecule has 28 heavy (non-hydrogen) atoms. The SMILES string of the molecule is CNC(=O)CCCn1cnc(-c2cccc(F)c2F)c1-c1cccc(OC)n1. The van der Waals surface area contributed by atoms with E-state index >= 15 is 0 Å². The molecule has 1 aromatic carbocycles. The van der Waals surface area contributed by atoms with Crippen LogP contribution in [0.3, 0.4) is 0 Å². The Hall–Kier alpha value is -3.29. The first-order valence-corrected chi connectivity index (χ1v) is 8.76. The normalized spacial score (nSPS) is 10.7. The van der Waals surface area contributed by atoms with Crippen molar-refractivity contribution in [1.29, 1.82) is 0 Å². The maximum atomic E-state index is 14.4. The summed E-state index contributed by atoms with van der Waals surface area (Å²) in [6.45, 7) is 0.464. The predicted octanol–water partition coefficient (Wildman–Crippen LogP) is 3.43. The van der Waals surface area contributed by atoms with E-state index < -0.39 is 11.6 Å². The number of methoxy groups -OCH3 is 1. The fourth-order valence-corrected chi connectivity index (χ4v) is 2.90. The molecule has 0 bridgehead atoms. The van der Waals surface area contributed by atoms with Crippen LogP contribution in [0.1, 0.15) is 12.8 Å². The van der Waals surface area contributed by atoms with E-state index in [1.807, 2.05) is 0 Å². The first-order chi connectivity index (χ1) is 13.5. The van der Waals surface area contributed by atoms with Crippen LogP contribution in [0.5, 0.6) is 5.88 Å². The molecule has 8 heteroatoms. The molecule has 3 aromatic rings. The highest BCUT2D eigenvalue weighted by molar-refractivity contribution is 5.77. The van der Waals surface area contributed by atoms with Crippen molar-refractivity contribution < 1.29 is 18.3 Å². The molecular formula is C20H20F2N4O2. The lowest BCUT2D eigenvalue weighted by Gasteiger charge is -2.11. The van der Waals surface area contributed by atoms with Gasteiger partial charge < -0.3 is 14.6 Å². The van der Waals surface area contributed by atoms with Gasteiger partial charge in [0, 0.05) is 31.6 Å². The third-order valence-electron chi connectivity index (χ3n) is 4.30. The van der Waals surface area contributed by atoms with Gasteiger partial charge in [-0.2, -0.15) is 0 Å². The summed E-state index contributed by atoms with van der Waals surface area (Å²) in [6, 6.07) is 9.16. The van der Waals surface area contributed by atoms with Crippen LogP contribution in [0.15, 0.2) is 42.7 Å². The zero-order chi connectivity index (χ0) is 20.1. The number of hydrogen-bond donors (Lipinski definition) is 1. The topological polar surface area (TPSA) is 69.0 Å². The molecule has 1 amide bonds. The molecule has 0 radical (unpaired) electrons. The van der Waals surface area contributed by atoms with Crippen LogP contribution in [-0.4, -0.2) is 34.6 Å². The monoisotopic (exact) mass is 386 g/mol. The lowest BCUT2D eigenvalue weighted by atomic mass is 10.1. The molecule has 3 rings (SSSR count). The summed E-state index contributed by atoms with van der Waals surface area (Å²) in [4.78, 5) is 20.2. The lowest BCUT2D eigenvalue weighted by molar-refractivity contribution is -0.120. The molecule has 0 aliphatic carbocycles. The maximum Gasteiger partial charge on any atom is 0.219 e. The largest absolute Gasteiger partial charge is 0.481 e. The number of imidazole rings is 1. The third-order valence-corrected chi connectivity index (χ3v) is 4.30. The molecule has 6 nitrogen and oxygen atoms in total. The lowest BCUT2D eigenvalue weighted by Crippen LogP contribution is -2.17. The maximum absolute atomic E-state index is 14.4. The van der Waals surface area contributed by atoms with Gasteiger partial charge in [0.05, 0.1) is 24.8 Å². The number of aryl methyl sites for hydroxylation is 1. The fraction of sp³-hybridized carbons (Fsp3) is 0.250. The molecule has 0 aliphatic rings. The Bertz CT molecular complexity index is 988. The van der Waals surface area contributed by atoms with E-state index in [9.17, 15) is 13.6 Å². The Labute approximate surface area is 161 Å². The number of aromatic nitrogens is 3. The molecule has 0 atom stereocenters. The van der Waals surface area contributed by atoms with Crippen LogP contribution in [0, 0.1) is 11.6 Å². The van der Waals surface area contributed by atoms with Crippen molar-refractivity contribution in [3.63, 3.8) is 0 Å². The van der Waals surface area contributed by atoms with Gasteiger partial charge in [0.25, 0.3) is 0 Å². The van der Waals surface area contributed by atoms with Crippen molar-refractivity contribution in [2.75, 3.05) is 14.2 Å². The average molecular weight is 386 g/mol. The molecule has 2 heterocycles. The molecule has 146 valence electrons. The summed E-state index contributed by atoms with van der Waals surface area (Å²) >= 11 is 0. The standard InChI is InChI=1S/C20H20F2N4O2/c1-23-16(27)9-5-11-26-12-24-19(13-6-3-7-14(21)18(13)22)20(26)15-8-4-10-17(25-15)28-2/h3-4,6-8,10,12H,5,9,11H2,1-2H3,(H,23,27). The minimum atomic E-state index is -0.970. The van der Waals surface area contributed by atoms with Crippen LogP contribution in [-0.2, 0) is 11.3 Å². The molecule has 0 aliphatic heterocycles. The fourth-order valence-electron chi connectivity index (χ4n) is 2.90. The van der Waals surface area contributed by atoms with Gasteiger partial charge in [-0.1, -0.05) is 12.1 Å². The summed E-state index contributed by atoms with van der Waals surface area (Å²) in [5.74, 6) is -1.60. The molecule has 0 spiro atoms. The van der Waals surface area contributed by atoms with Gasteiger partial charge in [-0.15, -0.1) is 0 Å². The van der Waals surface area contributed by atoms with Crippen molar-refractivity contribution in [2.24, 2.45) is 0 Å². The average Bonchev–Trinajstić information content (AvgIpc) is 3.13. The van der Waals surface area contributed by atoms with Crippen LogP contribution in [0.2, 0.25) is 0 Å². The van der Waals surface area contributed by atoms with Gasteiger partial charge in [-0.25, -0.2) is 18.7 Å². The molecule has 0 saturated carbocycles. The Morgan fingerprint density at radius 1 is 1.21 bits per heavy atom. The van der Waals surface area contributed by atoms with Crippen LogP contribution in [0.25, 0.3) is 22.6 Å². The van der Waals surface area contributed by atoms with Crippen molar-refractivity contribution in [3.8, 4) is 28.5 Å². The highest BCUT2D eigenvalue weighted by Gasteiger charge is 2.21. The van der Waals surface area contributed by atoms with Crippen molar-refractivity contribution in [2.45, 2.75) is 19.4 Å². The van der Waals surface area contributed by atoms with Crippen molar-refractivity contribution in [3.05, 3.63) is 54.4 Å². The second-order valence-corrected chi connectivity index (χ2v) is 6.08. The van der Waals surface area contributed by atoms with Crippen molar-refractivity contribution >= 4 is 5.91 Å². The Balaban J connectivity index is 2.07. The molecule has 2 aromatic heterocycles. The van der Waals surface area contributed by atoms with Gasteiger partial charge >= 0.3 is 0 Å². The summed E-state index contributed by atoms with van der Waals surface area (Å²) in [5, 5.41) is 2.57. The second kappa shape index (κ2) is 8.60. The Morgan fingerprint density at radius 3 is 2.75 bits per heavy atom. The van der Waals surface area contributed by atoms with Gasteiger partial charge in [0.15, 0.2) is 11.6 Å². The zero-order valence-electron chi connectivity index (χ0n) is 15.6. The van der Waals surface area contributed by atoms with E-state index in [4.69, 9.17) is 4.74 Å². The first kappa shape index (κ1) is 19.5. The van der Waals surface area contributed by atoms with E-state index in [1.165, 1.54) is 19.2 Å². The number of carbonyl (C=O) groups excluding carboxylic acids is 1. The number of halogens is 2. The molecule has 0 saturated heterocycles. The van der Waals surface area contributed by atoms with Gasteiger partial charge in [-0.3, -0.25) is 4.79 Å². The van der Waals surface area contributed by atoms with E-state index in [1.54, 1.807) is 36.1 Å². The first-order valence-electron chi connectivity index (χ1n) is 8.76. The summed E-state index contributed by atoms with van der Waals surface area (Å²) < 4.78 is 35.1. The highest BCUT2D eigenvalue weighted by atomic mass is 19.2. The van der Waals surface area contributed by atoms with E-state index in [0.29, 0.717) is 36.7 Å². The number of carbonyl (C=O) groups is 1. The number of pyridine rings is 1. The summed E-state index contributed by atoms with van der Waals surface area (Å²) in [5.41, 5.74) is 1.36. The van der Waals surface area contributed by atoms with Crippen LogP contribution >= 0.6 is 0 Å². The minimum absolute atomic E-state index is 0.0460. The second-order valence-electron chi connectivity index (χ2n) is 6.08. The highest BCUT2D eigenvalue weighted by Crippen LogP contribution is 2.33. The van der Waals surface area contributed by atoms with Gasteiger partial charge in [-0.05, 0) is 24.6 Å². The van der Waals surface area contributed by atoms with Crippen molar-refractivity contribution in [1.82, 2.24) is 19.9 Å². The van der Waals surface area contributed by atoms with E-state index in [0.717, 1.165) is 6.07 Å². The summed E-state index contributed by atoms with van der Waals surface area (Å²) in [6.07, 6.45) is 2.43. The smallest absolute Gasteiger partial charge is 0.219 e. The van der Waals surface area contributed by atoms with Crippen LogP contribution < -0.4 is 10.1 Å². The Kier molecular flexibility index (Phi) is 5.98. The number of hydrogen-bond acceptors (Lipinski definition) is 4. The quantitative estimate of drug-likeness (QED) is 0.676. The molecule has 0 fully saturated rings. The zero-order valence-corrected chi connectivity index (χ0v) is 15.6. The molecule has 0 unspecified atom stereocenters. The van der Waals surface area contributed by atoms with Gasteiger partial charge in [0.1, 0.15) is 5.69 Å². The number of rotatable bonds is 7. The molecule has 1 N–H and O–H groups in total. The Morgan fingerprint density at radius 2 is 2.00 bits per heavy atom. The molecular weight excluding hydrogens is 366 g/mol. The third kappa shape index (κ3) is 4.00. The van der Waals surface area contributed by atoms with Crippen LogP contribution in [0.4, 0.5) is 8.78 Å². The number of ether oxygens (including phenoxy) is 1. The number of nitrogens with zero attached hydrogens (tertiary/aromatic N) is 3. The van der Waals surface area contributed by atoms with E-state index in [-0.39, 0.29) is 17.2 Å². The number of benzene rings is 1. The predicted molar refractivity (Wildman–Crippen MR) is 101 cm³/mol. The summed E-state index contributed by atoms with van der Waals surface area (Å²) in [7, 11) is 3.08. The van der Waals surface area contributed by atoms with E-state index in [2.05, 4.69) is 15.3 Å². The minimum Gasteiger partial charge on any atom is -0.481 e. The number of amides is 1. The van der Waals surface area contributed by atoms with Gasteiger partial charge in [0.2, 0.25) is 11.8 Å².